The summed E-state index contributed by atoms with van der Waals surface area (Å²) in [7, 11) is 1.51. The first-order valence-electron chi connectivity index (χ1n) is 7.21. The zero-order valence-corrected chi connectivity index (χ0v) is 12.1. The van der Waals surface area contributed by atoms with E-state index in [-0.39, 0.29) is 12.3 Å². The molecule has 2 heterocycles. The minimum atomic E-state index is -4.35. The van der Waals surface area contributed by atoms with E-state index in [1.807, 2.05) is 0 Å². The Bertz CT molecular complexity index is 589. The molecule has 1 fully saturated rings. The van der Waals surface area contributed by atoms with E-state index in [4.69, 9.17) is 4.74 Å². The van der Waals surface area contributed by atoms with Gasteiger partial charge in [-0.05, 0) is 24.6 Å². The van der Waals surface area contributed by atoms with E-state index in [9.17, 15) is 18.0 Å². The molecule has 0 aliphatic carbocycles. The lowest BCUT2D eigenvalue weighted by Crippen LogP contribution is -2.44. The maximum atomic E-state index is 13.1. The van der Waals surface area contributed by atoms with Crippen LogP contribution in [0.2, 0.25) is 0 Å². The highest BCUT2D eigenvalue weighted by molar-refractivity contribution is 5.79. The van der Waals surface area contributed by atoms with Crippen molar-refractivity contribution < 1.29 is 22.7 Å². The fourth-order valence-electron chi connectivity index (χ4n) is 3.18. The number of halogens is 3. The van der Waals surface area contributed by atoms with Gasteiger partial charge in [-0.2, -0.15) is 13.2 Å². The molecule has 1 amide bonds. The molecule has 3 rings (SSSR count). The second kappa shape index (κ2) is 5.37. The number of hydrogen-bond acceptors (Lipinski definition) is 3. The van der Waals surface area contributed by atoms with Crippen LogP contribution in [0.5, 0.6) is 5.75 Å². The molecule has 7 heteroatoms. The Morgan fingerprint density at radius 3 is 2.73 bits per heavy atom. The molecular formula is C15H17F3N2O2. The Balaban J connectivity index is 2.01. The van der Waals surface area contributed by atoms with Gasteiger partial charge < -0.3 is 15.0 Å². The number of amides is 1. The predicted molar refractivity (Wildman–Crippen MR) is 74.8 cm³/mol. The fraction of sp³-hybridized carbons (Fsp3) is 0.533. The van der Waals surface area contributed by atoms with Gasteiger partial charge in [0.15, 0.2) is 0 Å². The van der Waals surface area contributed by atoms with Gasteiger partial charge in [0.2, 0.25) is 5.91 Å². The van der Waals surface area contributed by atoms with Crippen molar-refractivity contribution in [3.05, 3.63) is 23.8 Å². The third kappa shape index (κ3) is 2.60. The predicted octanol–water partition coefficient (Wildman–Crippen LogP) is 3.11. The molecule has 0 saturated carbocycles. The first kappa shape index (κ1) is 15.0. The van der Waals surface area contributed by atoms with E-state index in [2.05, 4.69) is 5.32 Å². The molecule has 22 heavy (non-hydrogen) atoms. The number of carbonyl (C=O) groups excluding carboxylic acids is 1. The third-order valence-corrected chi connectivity index (χ3v) is 4.29. The highest BCUT2D eigenvalue weighted by Gasteiger charge is 2.46. The number of fused-ring (bicyclic) bond motifs is 1. The molecule has 0 unspecified atom stereocenters. The average Bonchev–Trinajstić information content (AvgIpc) is 2.90. The summed E-state index contributed by atoms with van der Waals surface area (Å²) in [6.45, 7) is 0.505. The van der Waals surface area contributed by atoms with Gasteiger partial charge in [-0.1, -0.05) is 0 Å². The van der Waals surface area contributed by atoms with Crippen LogP contribution >= 0.6 is 0 Å². The van der Waals surface area contributed by atoms with Crippen LogP contribution in [0.3, 0.4) is 0 Å². The van der Waals surface area contributed by atoms with Crippen molar-refractivity contribution in [3.63, 3.8) is 0 Å². The summed E-state index contributed by atoms with van der Waals surface area (Å²) in [5, 5.41) is 2.54. The molecule has 1 N–H and O–H groups in total. The van der Waals surface area contributed by atoms with E-state index in [1.165, 1.54) is 7.11 Å². The van der Waals surface area contributed by atoms with Crippen molar-refractivity contribution in [2.45, 2.75) is 37.5 Å². The molecule has 120 valence electrons. The molecule has 1 saturated heterocycles. The lowest BCUT2D eigenvalue weighted by molar-refractivity contribution is -0.150. The SMILES string of the molecule is COc1ccc2c(c1)[C@@H](N1CCCC1=O)C[C@@H](C(F)(F)F)N2. The Hall–Kier alpha value is -1.92. The van der Waals surface area contributed by atoms with Gasteiger partial charge in [0.1, 0.15) is 11.8 Å². The lowest BCUT2D eigenvalue weighted by Gasteiger charge is -2.38. The maximum Gasteiger partial charge on any atom is 0.408 e. The summed E-state index contributed by atoms with van der Waals surface area (Å²) in [4.78, 5) is 13.6. The molecule has 0 aromatic heterocycles. The van der Waals surface area contributed by atoms with E-state index in [1.54, 1.807) is 23.1 Å². The van der Waals surface area contributed by atoms with Gasteiger partial charge in [-0.25, -0.2) is 0 Å². The number of rotatable bonds is 2. The lowest BCUT2D eigenvalue weighted by atomic mass is 9.91. The second-order valence-electron chi connectivity index (χ2n) is 5.63. The van der Waals surface area contributed by atoms with E-state index < -0.39 is 18.3 Å². The molecule has 1 aromatic carbocycles. The number of benzene rings is 1. The topological polar surface area (TPSA) is 41.6 Å². The van der Waals surface area contributed by atoms with Crippen molar-refractivity contribution >= 4 is 11.6 Å². The van der Waals surface area contributed by atoms with Crippen LogP contribution in [-0.4, -0.2) is 36.7 Å². The van der Waals surface area contributed by atoms with E-state index in [0.29, 0.717) is 36.4 Å². The normalized spacial score (nSPS) is 24.9. The van der Waals surface area contributed by atoms with E-state index >= 15 is 0 Å². The molecule has 2 aliphatic rings. The van der Waals surface area contributed by atoms with Gasteiger partial charge in [-0.15, -0.1) is 0 Å². The van der Waals surface area contributed by atoms with Crippen molar-refractivity contribution in [2.75, 3.05) is 19.0 Å². The quantitative estimate of drug-likeness (QED) is 0.912. The van der Waals surface area contributed by atoms with Gasteiger partial charge in [0.05, 0.1) is 13.2 Å². The molecular weight excluding hydrogens is 297 g/mol. The monoisotopic (exact) mass is 314 g/mol. The summed E-state index contributed by atoms with van der Waals surface area (Å²) >= 11 is 0. The van der Waals surface area contributed by atoms with Crippen molar-refractivity contribution in [1.29, 1.82) is 0 Å². The number of methoxy groups -OCH3 is 1. The van der Waals surface area contributed by atoms with Crippen LogP contribution < -0.4 is 10.1 Å². The van der Waals surface area contributed by atoms with Gasteiger partial charge in [0, 0.05) is 30.6 Å². The fourth-order valence-corrected chi connectivity index (χ4v) is 3.18. The smallest absolute Gasteiger partial charge is 0.408 e. The summed E-state index contributed by atoms with van der Waals surface area (Å²) < 4.78 is 44.6. The number of hydrogen-bond donors (Lipinski definition) is 1. The Morgan fingerprint density at radius 1 is 1.36 bits per heavy atom. The van der Waals surface area contributed by atoms with Crippen LogP contribution in [-0.2, 0) is 4.79 Å². The van der Waals surface area contributed by atoms with Gasteiger partial charge in [0.25, 0.3) is 0 Å². The summed E-state index contributed by atoms with van der Waals surface area (Å²) in [5.74, 6) is 0.490. The Labute approximate surface area is 126 Å². The molecule has 0 spiro atoms. The van der Waals surface area contributed by atoms with Crippen LogP contribution in [0.25, 0.3) is 0 Å². The molecule has 2 atom stereocenters. The summed E-state index contributed by atoms with van der Waals surface area (Å²) in [5.41, 5.74) is 1.11. The standard InChI is InChI=1S/C15H17F3N2O2/c1-22-9-4-5-11-10(7-9)12(20-6-2-3-14(20)21)8-13(19-11)15(16,17)18/h4-5,7,12-13,19H,2-3,6,8H2,1H3/t12-,13-/m0/s1. The summed E-state index contributed by atoms with van der Waals surface area (Å²) in [6.07, 6.45) is -3.42. The molecule has 4 nitrogen and oxygen atoms in total. The Morgan fingerprint density at radius 2 is 2.14 bits per heavy atom. The number of ether oxygens (including phenoxy) is 1. The Kier molecular flexibility index (Phi) is 3.66. The zero-order chi connectivity index (χ0) is 15.9. The first-order chi connectivity index (χ1) is 10.4. The second-order valence-corrected chi connectivity index (χ2v) is 5.63. The minimum Gasteiger partial charge on any atom is -0.497 e. The minimum absolute atomic E-state index is 0.0819. The third-order valence-electron chi connectivity index (χ3n) is 4.29. The molecule has 0 bridgehead atoms. The maximum absolute atomic E-state index is 13.1. The number of nitrogens with one attached hydrogen (secondary N) is 1. The van der Waals surface area contributed by atoms with Gasteiger partial charge in [-0.3, -0.25) is 4.79 Å². The largest absolute Gasteiger partial charge is 0.497 e. The van der Waals surface area contributed by atoms with Crippen molar-refractivity contribution in [2.24, 2.45) is 0 Å². The van der Waals surface area contributed by atoms with Crippen molar-refractivity contribution in [1.82, 2.24) is 4.90 Å². The molecule has 1 aromatic rings. The number of likely N-dealkylation sites (tertiary alicyclic amines) is 1. The van der Waals surface area contributed by atoms with Crippen LogP contribution in [0.1, 0.15) is 30.9 Å². The number of alkyl halides is 3. The number of anilines is 1. The highest BCUT2D eigenvalue weighted by Crippen LogP contribution is 2.43. The number of nitrogens with zero attached hydrogens (tertiary/aromatic N) is 1. The van der Waals surface area contributed by atoms with E-state index in [0.717, 1.165) is 0 Å². The van der Waals surface area contributed by atoms with Crippen molar-refractivity contribution in [3.8, 4) is 5.75 Å². The highest BCUT2D eigenvalue weighted by atomic mass is 19.4. The van der Waals surface area contributed by atoms with Crippen LogP contribution in [0.15, 0.2) is 18.2 Å². The zero-order valence-electron chi connectivity index (χ0n) is 12.1. The molecule has 2 aliphatic heterocycles. The average molecular weight is 314 g/mol. The summed E-state index contributed by atoms with van der Waals surface area (Å²) in [6, 6.07) is 2.71. The van der Waals surface area contributed by atoms with Crippen LogP contribution in [0, 0.1) is 0 Å². The number of carbonyl (C=O) groups is 1. The molecule has 0 radical (unpaired) electrons. The first-order valence-corrected chi connectivity index (χ1v) is 7.21. The van der Waals surface area contributed by atoms with Gasteiger partial charge >= 0.3 is 6.18 Å². The van der Waals surface area contributed by atoms with Crippen LogP contribution in [0.4, 0.5) is 18.9 Å².